The Balaban J connectivity index is 2.05. The van der Waals surface area contributed by atoms with Crippen molar-refractivity contribution in [2.75, 3.05) is 5.01 Å². The van der Waals surface area contributed by atoms with Crippen LogP contribution in [0, 0.1) is 0 Å². The second kappa shape index (κ2) is 5.58. The molecule has 0 bridgehead atoms. The number of carbonyl (C=O) groups is 1. The van der Waals surface area contributed by atoms with E-state index >= 15 is 0 Å². The van der Waals surface area contributed by atoms with E-state index in [2.05, 4.69) is 0 Å². The van der Waals surface area contributed by atoms with Gasteiger partial charge in [-0.2, -0.15) is 0 Å². The van der Waals surface area contributed by atoms with E-state index in [1.54, 1.807) is 0 Å². The quantitative estimate of drug-likeness (QED) is 0.921. The predicted octanol–water partition coefficient (Wildman–Crippen LogP) is 2.72. The van der Waals surface area contributed by atoms with Gasteiger partial charge in [-0.1, -0.05) is 48.5 Å². The van der Waals surface area contributed by atoms with Gasteiger partial charge in [-0.25, -0.2) is 5.01 Å². The number of benzene rings is 2. The highest BCUT2D eigenvalue weighted by Crippen LogP contribution is 2.39. The molecular weight excluding hydrogens is 264 g/mol. The van der Waals surface area contributed by atoms with Crippen LogP contribution in [0.15, 0.2) is 60.7 Å². The van der Waals surface area contributed by atoms with Crippen LogP contribution in [0.5, 0.6) is 0 Å². The van der Waals surface area contributed by atoms with E-state index in [0.29, 0.717) is 6.42 Å². The van der Waals surface area contributed by atoms with Crippen molar-refractivity contribution in [2.24, 2.45) is 0 Å². The second-order valence-electron chi connectivity index (χ2n) is 5.19. The number of aliphatic hydroxyl groups is 1. The molecule has 1 saturated heterocycles. The summed E-state index contributed by atoms with van der Waals surface area (Å²) < 4.78 is 0. The summed E-state index contributed by atoms with van der Waals surface area (Å²) in [5.41, 5.74) is 1.99. The van der Waals surface area contributed by atoms with Crippen molar-refractivity contribution in [3.63, 3.8) is 0 Å². The minimum absolute atomic E-state index is 0.0486. The average molecular weight is 282 g/mol. The van der Waals surface area contributed by atoms with Gasteiger partial charge in [0.2, 0.25) is 5.91 Å². The summed E-state index contributed by atoms with van der Waals surface area (Å²) in [5, 5.41) is 13.6. The molecule has 21 heavy (non-hydrogen) atoms. The van der Waals surface area contributed by atoms with Crippen molar-refractivity contribution in [2.45, 2.75) is 25.6 Å². The molecule has 2 unspecified atom stereocenters. The number of hydrogen-bond acceptors (Lipinski definition) is 3. The fourth-order valence-corrected chi connectivity index (χ4v) is 2.89. The van der Waals surface area contributed by atoms with Crippen LogP contribution in [-0.2, 0) is 4.79 Å². The van der Waals surface area contributed by atoms with Crippen molar-refractivity contribution in [1.29, 1.82) is 0 Å². The standard InChI is InChI=1S/C17H18N2O2/c1-13(20)18-17(21)12-16(14-8-4-2-5-9-14)19(18)15-10-6-3-7-11-15/h2-11,16-17,21H,12H2,1H3. The summed E-state index contributed by atoms with van der Waals surface area (Å²) in [7, 11) is 0. The first kappa shape index (κ1) is 13.6. The average Bonchev–Trinajstić information content (AvgIpc) is 2.86. The molecular formula is C17H18N2O2. The van der Waals surface area contributed by atoms with Crippen LogP contribution in [0.2, 0.25) is 0 Å². The second-order valence-corrected chi connectivity index (χ2v) is 5.19. The first-order valence-corrected chi connectivity index (χ1v) is 7.05. The highest BCUT2D eigenvalue weighted by molar-refractivity contribution is 5.76. The van der Waals surface area contributed by atoms with E-state index < -0.39 is 6.23 Å². The minimum atomic E-state index is -0.798. The Morgan fingerprint density at radius 3 is 2.19 bits per heavy atom. The van der Waals surface area contributed by atoms with E-state index in [9.17, 15) is 9.90 Å². The van der Waals surface area contributed by atoms with Crippen LogP contribution >= 0.6 is 0 Å². The Morgan fingerprint density at radius 2 is 1.62 bits per heavy atom. The Morgan fingerprint density at radius 1 is 1.05 bits per heavy atom. The van der Waals surface area contributed by atoms with Crippen LogP contribution in [0.1, 0.15) is 24.9 Å². The minimum Gasteiger partial charge on any atom is -0.372 e. The summed E-state index contributed by atoms with van der Waals surface area (Å²) in [6.45, 7) is 1.48. The first-order chi connectivity index (χ1) is 10.2. The van der Waals surface area contributed by atoms with Gasteiger partial charge in [0, 0.05) is 13.3 Å². The number of nitrogens with zero attached hydrogens (tertiary/aromatic N) is 2. The zero-order valence-electron chi connectivity index (χ0n) is 11.9. The molecule has 0 saturated carbocycles. The van der Waals surface area contributed by atoms with Gasteiger partial charge in [-0.3, -0.25) is 9.80 Å². The van der Waals surface area contributed by atoms with E-state index in [1.165, 1.54) is 11.9 Å². The van der Waals surface area contributed by atoms with E-state index in [1.807, 2.05) is 65.7 Å². The lowest BCUT2D eigenvalue weighted by Crippen LogP contribution is -2.45. The van der Waals surface area contributed by atoms with Crippen LogP contribution in [0.4, 0.5) is 5.69 Å². The number of para-hydroxylation sites is 1. The van der Waals surface area contributed by atoms with E-state index in [4.69, 9.17) is 0 Å². The highest BCUT2D eigenvalue weighted by atomic mass is 16.3. The Hall–Kier alpha value is -2.33. The molecule has 2 aromatic carbocycles. The van der Waals surface area contributed by atoms with Crippen molar-refractivity contribution >= 4 is 11.6 Å². The molecule has 2 atom stereocenters. The van der Waals surface area contributed by atoms with Crippen molar-refractivity contribution in [1.82, 2.24) is 5.01 Å². The first-order valence-electron chi connectivity index (χ1n) is 7.05. The fourth-order valence-electron chi connectivity index (χ4n) is 2.89. The molecule has 0 spiro atoms. The highest BCUT2D eigenvalue weighted by Gasteiger charge is 2.40. The fraction of sp³-hybridized carbons (Fsp3) is 0.235. The Kier molecular flexibility index (Phi) is 3.62. The van der Waals surface area contributed by atoms with Crippen LogP contribution in [-0.4, -0.2) is 22.3 Å². The van der Waals surface area contributed by atoms with Crippen molar-refractivity contribution in [3.05, 3.63) is 66.2 Å². The largest absolute Gasteiger partial charge is 0.372 e. The molecule has 4 heteroatoms. The molecule has 1 N–H and O–H groups in total. The van der Waals surface area contributed by atoms with Gasteiger partial charge >= 0.3 is 0 Å². The van der Waals surface area contributed by atoms with Crippen LogP contribution in [0.25, 0.3) is 0 Å². The third kappa shape index (κ3) is 2.50. The molecule has 0 aromatic heterocycles. The summed E-state index contributed by atoms with van der Waals surface area (Å²) in [6.07, 6.45) is -0.300. The molecule has 1 heterocycles. The molecule has 1 aliphatic rings. The lowest BCUT2D eigenvalue weighted by Gasteiger charge is -2.34. The normalized spacial score (nSPS) is 21.6. The summed E-state index contributed by atoms with van der Waals surface area (Å²) in [4.78, 5) is 11.9. The molecule has 1 amide bonds. The molecule has 2 aromatic rings. The Bertz CT molecular complexity index is 615. The molecule has 0 radical (unpaired) electrons. The number of carbonyl (C=O) groups excluding carboxylic acids is 1. The number of anilines is 1. The smallest absolute Gasteiger partial charge is 0.240 e. The summed E-state index contributed by atoms with van der Waals surface area (Å²) >= 11 is 0. The lowest BCUT2D eigenvalue weighted by molar-refractivity contribution is -0.136. The maximum Gasteiger partial charge on any atom is 0.240 e. The molecule has 4 nitrogen and oxygen atoms in total. The van der Waals surface area contributed by atoms with Gasteiger partial charge in [-0.05, 0) is 17.7 Å². The number of hydrogen-bond donors (Lipinski definition) is 1. The van der Waals surface area contributed by atoms with Crippen LogP contribution in [0.3, 0.4) is 0 Å². The number of aliphatic hydroxyl groups excluding tert-OH is 1. The lowest BCUT2D eigenvalue weighted by atomic mass is 10.0. The number of hydrazine groups is 1. The summed E-state index contributed by atoms with van der Waals surface area (Å²) in [5.74, 6) is -0.162. The van der Waals surface area contributed by atoms with Gasteiger partial charge < -0.3 is 5.11 Å². The van der Waals surface area contributed by atoms with Crippen LogP contribution < -0.4 is 5.01 Å². The van der Waals surface area contributed by atoms with Gasteiger partial charge in [0.25, 0.3) is 0 Å². The van der Waals surface area contributed by atoms with Gasteiger partial charge in [0.15, 0.2) is 6.23 Å². The number of amides is 1. The summed E-state index contributed by atoms with van der Waals surface area (Å²) in [6, 6.07) is 19.6. The van der Waals surface area contributed by atoms with Gasteiger partial charge in [-0.15, -0.1) is 0 Å². The maximum atomic E-state index is 11.9. The van der Waals surface area contributed by atoms with Crippen molar-refractivity contribution in [3.8, 4) is 0 Å². The third-order valence-electron chi connectivity index (χ3n) is 3.77. The maximum absolute atomic E-state index is 11.9. The monoisotopic (exact) mass is 282 g/mol. The van der Waals surface area contributed by atoms with Gasteiger partial charge in [0.1, 0.15) is 0 Å². The molecule has 108 valence electrons. The molecule has 0 aliphatic carbocycles. The SMILES string of the molecule is CC(=O)N1C(O)CC(c2ccccc2)N1c1ccccc1. The zero-order chi connectivity index (χ0) is 14.8. The van der Waals surface area contributed by atoms with E-state index in [-0.39, 0.29) is 11.9 Å². The Labute approximate surface area is 124 Å². The number of rotatable bonds is 2. The third-order valence-corrected chi connectivity index (χ3v) is 3.77. The molecule has 1 fully saturated rings. The topological polar surface area (TPSA) is 43.8 Å². The molecule has 3 rings (SSSR count). The molecule has 1 aliphatic heterocycles. The zero-order valence-corrected chi connectivity index (χ0v) is 11.9. The van der Waals surface area contributed by atoms with Gasteiger partial charge in [0.05, 0.1) is 11.7 Å². The van der Waals surface area contributed by atoms with E-state index in [0.717, 1.165) is 11.3 Å². The van der Waals surface area contributed by atoms with Crippen molar-refractivity contribution < 1.29 is 9.90 Å². The predicted molar refractivity (Wildman–Crippen MR) is 81.2 cm³/mol.